The Labute approximate surface area is 81.8 Å². The molecule has 1 heterocycles. The van der Waals surface area contributed by atoms with Crippen LogP contribution in [0.15, 0.2) is 16.5 Å². The van der Waals surface area contributed by atoms with Crippen LogP contribution >= 0.6 is 0 Å². The van der Waals surface area contributed by atoms with Crippen LogP contribution in [0.5, 0.6) is 0 Å². The summed E-state index contributed by atoms with van der Waals surface area (Å²) in [4.78, 5) is 4.16. The van der Waals surface area contributed by atoms with Crippen LogP contribution in [-0.2, 0) is 0 Å². The SMILES string of the molecule is Cc1nc2cc(C(C)C)c(F)cc2o1. The average molecular weight is 193 g/mol. The highest BCUT2D eigenvalue weighted by Crippen LogP contribution is 2.24. The highest BCUT2D eigenvalue weighted by molar-refractivity contribution is 5.73. The topological polar surface area (TPSA) is 26.0 Å². The molecule has 0 unspecified atom stereocenters. The fourth-order valence-corrected chi connectivity index (χ4v) is 1.52. The summed E-state index contributed by atoms with van der Waals surface area (Å²) < 4.78 is 18.7. The van der Waals surface area contributed by atoms with Gasteiger partial charge < -0.3 is 4.42 Å². The van der Waals surface area contributed by atoms with Crippen molar-refractivity contribution in [3.63, 3.8) is 0 Å². The predicted molar refractivity (Wildman–Crippen MR) is 52.8 cm³/mol. The second-order valence-electron chi connectivity index (χ2n) is 3.73. The number of aromatic nitrogens is 1. The van der Waals surface area contributed by atoms with E-state index in [1.54, 1.807) is 13.0 Å². The molecule has 0 radical (unpaired) electrons. The smallest absolute Gasteiger partial charge is 0.192 e. The van der Waals surface area contributed by atoms with Gasteiger partial charge in [0.1, 0.15) is 11.3 Å². The molecule has 2 rings (SSSR count). The molecule has 2 nitrogen and oxygen atoms in total. The Balaban J connectivity index is 2.70. The van der Waals surface area contributed by atoms with E-state index in [1.165, 1.54) is 6.07 Å². The van der Waals surface area contributed by atoms with Gasteiger partial charge in [0.05, 0.1) is 0 Å². The van der Waals surface area contributed by atoms with Crippen LogP contribution in [0, 0.1) is 12.7 Å². The molecular weight excluding hydrogens is 181 g/mol. The lowest BCUT2D eigenvalue weighted by Crippen LogP contribution is -1.92. The number of nitrogens with zero attached hydrogens (tertiary/aromatic N) is 1. The van der Waals surface area contributed by atoms with E-state index < -0.39 is 0 Å². The van der Waals surface area contributed by atoms with Gasteiger partial charge >= 0.3 is 0 Å². The van der Waals surface area contributed by atoms with Gasteiger partial charge in [-0.15, -0.1) is 0 Å². The number of halogens is 1. The van der Waals surface area contributed by atoms with Gasteiger partial charge in [-0.25, -0.2) is 9.37 Å². The molecule has 0 spiro atoms. The number of hydrogen-bond donors (Lipinski definition) is 0. The van der Waals surface area contributed by atoms with E-state index in [1.807, 2.05) is 13.8 Å². The molecule has 0 fully saturated rings. The van der Waals surface area contributed by atoms with Gasteiger partial charge in [-0.1, -0.05) is 13.8 Å². The molecule has 0 saturated heterocycles. The van der Waals surface area contributed by atoms with E-state index in [-0.39, 0.29) is 11.7 Å². The molecule has 3 heteroatoms. The maximum Gasteiger partial charge on any atom is 0.192 e. The van der Waals surface area contributed by atoms with Gasteiger partial charge in [-0.05, 0) is 17.5 Å². The van der Waals surface area contributed by atoms with Crippen molar-refractivity contribution in [2.24, 2.45) is 0 Å². The summed E-state index contributed by atoms with van der Waals surface area (Å²) in [6.45, 7) is 5.67. The second-order valence-corrected chi connectivity index (χ2v) is 3.73. The van der Waals surface area contributed by atoms with Crippen LogP contribution in [0.2, 0.25) is 0 Å². The fourth-order valence-electron chi connectivity index (χ4n) is 1.52. The van der Waals surface area contributed by atoms with Crippen molar-refractivity contribution in [3.05, 3.63) is 29.4 Å². The minimum absolute atomic E-state index is 0.163. The molecule has 14 heavy (non-hydrogen) atoms. The van der Waals surface area contributed by atoms with Crippen molar-refractivity contribution < 1.29 is 8.81 Å². The predicted octanol–water partition coefficient (Wildman–Crippen LogP) is 3.40. The number of rotatable bonds is 1. The summed E-state index contributed by atoms with van der Waals surface area (Å²) in [5, 5.41) is 0. The summed E-state index contributed by atoms with van der Waals surface area (Å²) in [7, 11) is 0. The maximum absolute atomic E-state index is 13.5. The minimum atomic E-state index is -0.219. The third-order valence-corrected chi connectivity index (χ3v) is 2.24. The molecule has 2 aromatic rings. The lowest BCUT2D eigenvalue weighted by atomic mass is 10.0. The Morgan fingerprint density at radius 1 is 1.36 bits per heavy atom. The van der Waals surface area contributed by atoms with Crippen molar-refractivity contribution in [2.75, 3.05) is 0 Å². The highest BCUT2D eigenvalue weighted by Gasteiger charge is 2.11. The first kappa shape index (κ1) is 9.19. The minimum Gasteiger partial charge on any atom is -0.441 e. The summed E-state index contributed by atoms with van der Waals surface area (Å²) in [5.74, 6) is 0.514. The Morgan fingerprint density at radius 3 is 2.71 bits per heavy atom. The average Bonchev–Trinajstić information content (AvgIpc) is 2.42. The molecule has 0 bridgehead atoms. The van der Waals surface area contributed by atoms with Crippen molar-refractivity contribution >= 4 is 11.1 Å². The van der Waals surface area contributed by atoms with Crippen LogP contribution < -0.4 is 0 Å². The first-order valence-electron chi connectivity index (χ1n) is 4.64. The summed E-state index contributed by atoms with van der Waals surface area (Å²) in [6, 6.07) is 3.16. The van der Waals surface area contributed by atoms with Crippen LogP contribution in [0.1, 0.15) is 31.2 Å². The molecule has 0 saturated carbocycles. The number of oxazole rings is 1. The van der Waals surface area contributed by atoms with E-state index >= 15 is 0 Å². The third-order valence-electron chi connectivity index (χ3n) is 2.24. The summed E-state index contributed by atoms with van der Waals surface area (Å²) >= 11 is 0. The van der Waals surface area contributed by atoms with Gasteiger partial charge in [-0.3, -0.25) is 0 Å². The monoisotopic (exact) mass is 193 g/mol. The normalized spacial score (nSPS) is 11.5. The zero-order valence-electron chi connectivity index (χ0n) is 8.47. The molecule has 0 N–H and O–H groups in total. The Hall–Kier alpha value is -1.38. The number of aryl methyl sites for hydroxylation is 1. The molecule has 0 aliphatic heterocycles. The quantitative estimate of drug-likeness (QED) is 0.693. The molecule has 0 atom stereocenters. The number of benzene rings is 1. The molecule has 1 aromatic carbocycles. The van der Waals surface area contributed by atoms with E-state index in [9.17, 15) is 4.39 Å². The van der Waals surface area contributed by atoms with Gasteiger partial charge in [0.2, 0.25) is 0 Å². The summed E-state index contributed by atoms with van der Waals surface area (Å²) in [6.07, 6.45) is 0. The fraction of sp³-hybridized carbons (Fsp3) is 0.364. The second kappa shape index (κ2) is 3.08. The van der Waals surface area contributed by atoms with Crippen molar-refractivity contribution in [3.8, 4) is 0 Å². The highest BCUT2D eigenvalue weighted by atomic mass is 19.1. The van der Waals surface area contributed by atoms with E-state index in [2.05, 4.69) is 4.98 Å². The van der Waals surface area contributed by atoms with Gasteiger partial charge in [0.15, 0.2) is 11.5 Å². The Morgan fingerprint density at radius 2 is 2.07 bits per heavy atom. The molecule has 0 aliphatic rings. The maximum atomic E-state index is 13.5. The lowest BCUT2D eigenvalue weighted by Gasteiger charge is -2.05. The molecule has 0 amide bonds. The number of hydrogen-bond acceptors (Lipinski definition) is 2. The Bertz CT molecular complexity index is 473. The van der Waals surface area contributed by atoms with E-state index in [4.69, 9.17) is 4.42 Å². The zero-order chi connectivity index (χ0) is 10.3. The Kier molecular flexibility index (Phi) is 2.02. The zero-order valence-corrected chi connectivity index (χ0v) is 8.47. The molecule has 0 aliphatic carbocycles. The standard InChI is InChI=1S/C11H12FNO/c1-6(2)8-4-10-11(5-9(8)12)14-7(3)13-10/h4-6H,1-3H3. The largest absolute Gasteiger partial charge is 0.441 e. The molecule has 74 valence electrons. The van der Waals surface area contributed by atoms with Gasteiger partial charge in [0, 0.05) is 13.0 Å². The van der Waals surface area contributed by atoms with Crippen LogP contribution in [0.3, 0.4) is 0 Å². The molecular formula is C11H12FNO. The van der Waals surface area contributed by atoms with Crippen molar-refractivity contribution in [1.29, 1.82) is 0 Å². The lowest BCUT2D eigenvalue weighted by molar-refractivity contribution is 0.553. The van der Waals surface area contributed by atoms with Crippen LogP contribution in [-0.4, -0.2) is 4.98 Å². The molecule has 1 aromatic heterocycles. The first-order chi connectivity index (χ1) is 6.58. The van der Waals surface area contributed by atoms with Crippen molar-refractivity contribution in [1.82, 2.24) is 4.98 Å². The number of fused-ring (bicyclic) bond motifs is 1. The third kappa shape index (κ3) is 1.39. The van der Waals surface area contributed by atoms with Gasteiger partial charge in [0.25, 0.3) is 0 Å². The van der Waals surface area contributed by atoms with Crippen molar-refractivity contribution in [2.45, 2.75) is 26.7 Å². The van der Waals surface area contributed by atoms with Crippen LogP contribution in [0.25, 0.3) is 11.1 Å². The van der Waals surface area contributed by atoms with Crippen LogP contribution in [0.4, 0.5) is 4.39 Å². The van der Waals surface area contributed by atoms with E-state index in [0.29, 0.717) is 17.0 Å². The van der Waals surface area contributed by atoms with Gasteiger partial charge in [-0.2, -0.15) is 0 Å². The first-order valence-corrected chi connectivity index (χ1v) is 4.64. The summed E-state index contributed by atoms with van der Waals surface area (Å²) in [5.41, 5.74) is 1.93. The van der Waals surface area contributed by atoms with E-state index in [0.717, 1.165) is 5.52 Å².